The van der Waals surface area contributed by atoms with Gasteiger partial charge in [0.25, 0.3) is 5.91 Å². The monoisotopic (exact) mass is 345 g/mol. The molecule has 0 saturated carbocycles. The van der Waals surface area contributed by atoms with Gasteiger partial charge in [-0.3, -0.25) is 9.69 Å². The van der Waals surface area contributed by atoms with Crippen molar-refractivity contribution in [1.29, 1.82) is 0 Å². The number of nitrogens with zero attached hydrogens (tertiary/aromatic N) is 1. The molecule has 0 N–H and O–H groups in total. The molecule has 4 rings (SSSR count). The summed E-state index contributed by atoms with van der Waals surface area (Å²) in [6.45, 7) is 0. The van der Waals surface area contributed by atoms with Gasteiger partial charge in [-0.15, -0.1) is 0 Å². The number of methoxy groups -OCH3 is 1. The van der Waals surface area contributed by atoms with E-state index in [2.05, 4.69) is 0 Å². The number of para-hydroxylation sites is 1. The summed E-state index contributed by atoms with van der Waals surface area (Å²) < 4.78 is 11.2. The summed E-state index contributed by atoms with van der Waals surface area (Å²) >= 11 is 0. The third-order valence-corrected chi connectivity index (χ3v) is 4.54. The van der Waals surface area contributed by atoms with Gasteiger partial charge in [0.15, 0.2) is 0 Å². The summed E-state index contributed by atoms with van der Waals surface area (Å²) in [6, 6.07) is 26.8. The van der Waals surface area contributed by atoms with Crippen molar-refractivity contribution in [2.75, 3.05) is 12.0 Å². The Morgan fingerprint density at radius 2 is 1.38 bits per heavy atom. The molecular formula is C22H19NO3. The van der Waals surface area contributed by atoms with E-state index in [-0.39, 0.29) is 11.9 Å². The van der Waals surface area contributed by atoms with E-state index < -0.39 is 6.10 Å². The molecule has 1 aliphatic heterocycles. The van der Waals surface area contributed by atoms with E-state index in [0.29, 0.717) is 5.75 Å². The third-order valence-electron chi connectivity index (χ3n) is 4.54. The number of carbonyl (C=O) groups is 1. The van der Waals surface area contributed by atoms with Crippen LogP contribution in [0.15, 0.2) is 84.9 Å². The maximum absolute atomic E-state index is 12.9. The Hall–Kier alpha value is -3.27. The van der Waals surface area contributed by atoms with Crippen molar-refractivity contribution in [3.8, 4) is 11.5 Å². The van der Waals surface area contributed by atoms with Gasteiger partial charge in [-0.1, -0.05) is 48.5 Å². The highest BCUT2D eigenvalue weighted by atomic mass is 16.5. The zero-order valence-corrected chi connectivity index (χ0v) is 14.4. The second kappa shape index (κ2) is 6.92. The van der Waals surface area contributed by atoms with E-state index in [9.17, 15) is 4.79 Å². The fourth-order valence-corrected chi connectivity index (χ4v) is 3.23. The minimum Gasteiger partial charge on any atom is -0.497 e. The lowest BCUT2D eigenvalue weighted by Gasteiger charge is -2.46. The Balaban J connectivity index is 1.66. The minimum atomic E-state index is -0.540. The summed E-state index contributed by atoms with van der Waals surface area (Å²) in [5.41, 5.74) is 1.88. The van der Waals surface area contributed by atoms with E-state index >= 15 is 0 Å². The summed E-state index contributed by atoms with van der Waals surface area (Å²) in [4.78, 5) is 14.7. The van der Waals surface area contributed by atoms with Crippen LogP contribution in [0.25, 0.3) is 0 Å². The van der Waals surface area contributed by atoms with Gasteiger partial charge in [0.2, 0.25) is 6.10 Å². The van der Waals surface area contributed by atoms with Crippen molar-refractivity contribution in [3.05, 3.63) is 90.5 Å². The lowest BCUT2D eigenvalue weighted by Crippen LogP contribution is -2.61. The van der Waals surface area contributed by atoms with E-state index in [1.54, 1.807) is 12.0 Å². The average molecular weight is 345 g/mol. The molecule has 4 nitrogen and oxygen atoms in total. The fourth-order valence-electron chi connectivity index (χ4n) is 3.23. The van der Waals surface area contributed by atoms with Crippen molar-refractivity contribution >= 4 is 11.6 Å². The van der Waals surface area contributed by atoms with Gasteiger partial charge in [-0.2, -0.15) is 0 Å². The van der Waals surface area contributed by atoms with Crippen LogP contribution in [0, 0.1) is 0 Å². The SMILES string of the molecule is COc1ccc(N2C(=O)[C@H](Oc3ccccc3)[C@@H]2c2ccccc2)cc1. The molecule has 0 radical (unpaired) electrons. The first-order valence-corrected chi connectivity index (χ1v) is 8.52. The summed E-state index contributed by atoms with van der Waals surface area (Å²) in [5, 5.41) is 0. The Labute approximate surface area is 152 Å². The molecule has 1 aliphatic rings. The van der Waals surface area contributed by atoms with Crippen LogP contribution in [0.1, 0.15) is 11.6 Å². The molecule has 1 saturated heterocycles. The number of rotatable bonds is 5. The number of anilines is 1. The van der Waals surface area contributed by atoms with Crippen molar-refractivity contribution in [2.24, 2.45) is 0 Å². The van der Waals surface area contributed by atoms with Crippen molar-refractivity contribution in [3.63, 3.8) is 0 Å². The molecule has 1 fully saturated rings. The molecule has 0 bridgehead atoms. The highest BCUT2D eigenvalue weighted by molar-refractivity contribution is 6.05. The maximum atomic E-state index is 12.9. The lowest BCUT2D eigenvalue weighted by atomic mass is 9.89. The predicted molar refractivity (Wildman–Crippen MR) is 101 cm³/mol. The molecule has 1 amide bonds. The molecule has 1 heterocycles. The zero-order valence-electron chi connectivity index (χ0n) is 14.4. The highest BCUT2D eigenvalue weighted by Crippen LogP contribution is 2.41. The van der Waals surface area contributed by atoms with E-state index in [4.69, 9.17) is 9.47 Å². The van der Waals surface area contributed by atoms with Gasteiger partial charge in [0.1, 0.15) is 17.5 Å². The standard InChI is InChI=1S/C22H19NO3/c1-25-18-14-12-17(13-15-18)23-20(16-8-4-2-5-9-16)21(22(23)24)26-19-10-6-3-7-11-19/h2-15,20-21H,1H3/t20-,21+/m0/s1. The number of benzene rings is 3. The quantitative estimate of drug-likeness (QED) is 0.650. The smallest absolute Gasteiger partial charge is 0.271 e. The molecular weight excluding hydrogens is 326 g/mol. The minimum absolute atomic E-state index is 0.0483. The molecule has 3 aromatic carbocycles. The summed E-state index contributed by atoms with van der Waals surface area (Å²) in [6.07, 6.45) is -0.540. The van der Waals surface area contributed by atoms with Crippen molar-refractivity contribution in [1.82, 2.24) is 0 Å². The van der Waals surface area contributed by atoms with Crippen LogP contribution < -0.4 is 14.4 Å². The Morgan fingerprint density at radius 1 is 0.769 bits per heavy atom. The highest BCUT2D eigenvalue weighted by Gasteiger charge is 2.50. The van der Waals surface area contributed by atoms with Gasteiger partial charge >= 0.3 is 0 Å². The van der Waals surface area contributed by atoms with Crippen LogP contribution in [0.5, 0.6) is 11.5 Å². The molecule has 0 unspecified atom stereocenters. The Morgan fingerprint density at radius 3 is 2.00 bits per heavy atom. The largest absolute Gasteiger partial charge is 0.497 e. The molecule has 4 heteroatoms. The number of hydrogen-bond acceptors (Lipinski definition) is 3. The molecule has 0 aliphatic carbocycles. The number of carbonyl (C=O) groups excluding carboxylic acids is 1. The zero-order chi connectivity index (χ0) is 17.9. The first-order chi connectivity index (χ1) is 12.8. The second-order valence-corrected chi connectivity index (χ2v) is 6.11. The number of ether oxygens (including phenoxy) is 2. The van der Waals surface area contributed by atoms with Crippen LogP contribution in [0.2, 0.25) is 0 Å². The van der Waals surface area contributed by atoms with Crippen LogP contribution in [0.4, 0.5) is 5.69 Å². The van der Waals surface area contributed by atoms with Crippen LogP contribution >= 0.6 is 0 Å². The molecule has 130 valence electrons. The number of hydrogen-bond donors (Lipinski definition) is 0. The lowest BCUT2D eigenvalue weighted by molar-refractivity contribution is -0.135. The summed E-state index contributed by atoms with van der Waals surface area (Å²) in [5.74, 6) is 1.41. The van der Waals surface area contributed by atoms with Gasteiger partial charge in [0.05, 0.1) is 7.11 Å². The normalized spacial score (nSPS) is 19.0. The molecule has 3 aromatic rings. The van der Waals surface area contributed by atoms with Crippen molar-refractivity contribution in [2.45, 2.75) is 12.1 Å². The van der Waals surface area contributed by atoms with Gasteiger partial charge in [-0.05, 0) is 42.0 Å². The topological polar surface area (TPSA) is 38.8 Å². The maximum Gasteiger partial charge on any atom is 0.271 e. The first kappa shape index (κ1) is 16.2. The summed E-state index contributed by atoms with van der Waals surface area (Å²) in [7, 11) is 1.63. The second-order valence-electron chi connectivity index (χ2n) is 6.11. The molecule has 26 heavy (non-hydrogen) atoms. The molecule has 0 spiro atoms. The Bertz CT molecular complexity index is 878. The molecule has 0 aromatic heterocycles. The number of β-lactam (4-membered cyclic amide) rings is 1. The average Bonchev–Trinajstić information content (AvgIpc) is 2.71. The number of amides is 1. The van der Waals surface area contributed by atoms with Gasteiger partial charge < -0.3 is 9.47 Å². The first-order valence-electron chi connectivity index (χ1n) is 8.52. The predicted octanol–water partition coefficient (Wildman–Crippen LogP) is 4.23. The van der Waals surface area contributed by atoms with E-state index in [1.165, 1.54) is 0 Å². The van der Waals surface area contributed by atoms with E-state index in [0.717, 1.165) is 17.0 Å². The Kier molecular flexibility index (Phi) is 4.32. The van der Waals surface area contributed by atoms with Gasteiger partial charge in [0, 0.05) is 5.69 Å². The third kappa shape index (κ3) is 2.90. The van der Waals surface area contributed by atoms with Crippen LogP contribution in [-0.4, -0.2) is 19.1 Å². The molecule has 2 atom stereocenters. The van der Waals surface area contributed by atoms with Crippen LogP contribution in [-0.2, 0) is 4.79 Å². The van der Waals surface area contributed by atoms with Crippen molar-refractivity contribution < 1.29 is 14.3 Å². The van der Waals surface area contributed by atoms with Crippen LogP contribution in [0.3, 0.4) is 0 Å². The van der Waals surface area contributed by atoms with Gasteiger partial charge in [-0.25, -0.2) is 0 Å². The fraction of sp³-hybridized carbons (Fsp3) is 0.136. The van der Waals surface area contributed by atoms with E-state index in [1.807, 2.05) is 84.9 Å².